The average molecular weight is 440 g/mol. The van der Waals surface area contributed by atoms with Crippen LogP contribution in [0.2, 0.25) is 0 Å². The third-order valence-electron chi connectivity index (χ3n) is 3.99. The average Bonchev–Trinajstić information content (AvgIpc) is 2.56. The van der Waals surface area contributed by atoms with Gasteiger partial charge in [-0.05, 0) is 18.2 Å². The van der Waals surface area contributed by atoms with Crippen LogP contribution in [-0.2, 0) is 20.2 Å². The third-order valence-corrected chi connectivity index (χ3v) is 8.56. The smallest absolute Gasteiger partial charge is 0.207 e. The Morgan fingerprint density at radius 3 is 2.04 bits per heavy atom. The highest BCUT2D eigenvalue weighted by molar-refractivity contribution is 9.10. The van der Waals surface area contributed by atoms with Crippen LogP contribution in [0.25, 0.3) is 0 Å². The molecule has 0 aliphatic carbocycles. The summed E-state index contributed by atoms with van der Waals surface area (Å²) in [6, 6.07) is 6.51. The van der Waals surface area contributed by atoms with Gasteiger partial charge in [-0.15, -0.1) is 0 Å². The maximum absolute atomic E-state index is 12.7. The lowest BCUT2D eigenvalue weighted by Gasteiger charge is -2.35. The fraction of sp³-hybridized carbons (Fsp3) is 0.571. The molecule has 0 bridgehead atoms. The molecule has 7 nitrogen and oxygen atoms in total. The Bertz CT molecular complexity index is 771. The van der Waals surface area contributed by atoms with E-state index in [4.69, 9.17) is 0 Å². The molecule has 0 aromatic heterocycles. The predicted octanol–water partition coefficient (Wildman–Crippen LogP) is 1.34. The molecule has 0 N–H and O–H groups in total. The van der Waals surface area contributed by atoms with E-state index in [1.54, 1.807) is 38.1 Å². The van der Waals surface area contributed by atoms with Gasteiger partial charge in [-0.2, -0.15) is 21.3 Å². The van der Waals surface area contributed by atoms with E-state index >= 15 is 0 Å². The van der Waals surface area contributed by atoms with E-state index in [1.807, 2.05) is 0 Å². The number of benzene rings is 1. The van der Waals surface area contributed by atoms with Gasteiger partial charge in [-0.1, -0.05) is 35.8 Å². The largest absolute Gasteiger partial charge is 0.282 e. The van der Waals surface area contributed by atoms with Crippen LogP contribution in [0.5, 0.6) is 0 Å². The quantitative estimate of drug-likeness (QED) is 0.669. The minimum absolute atomic E-state index is 0.148. The van der Waals surface area contributed by atoms with E-state index in [0.29, 0.717) is 17.6 Å². The van der Waals surface area contributed by atoms with Gasteiger partial charge in [0, 0.05) is 43.7 Å². The molecule has 136 valence electrons. The highest BCUT2D eigenvalue weighted by Gasteiger charge is 2.35. The van der Waals surface area contributed by atoms with Crippen molar-refractivity contribution in [3.8, 4) is 0 Å². The van der Waals surface area contributed by atoms with E-state index in [-0.39, 0.29) is 31.1 Å². The maximum atomic E-state index is 12.7. The number of sulfonamides is 1. The van der Waals surface area contributed by atoms with Crippen molar-refractivity contribution in [2.24, 2.45) is 0 Å². The summed E-state index contributed by atoms with van der Waals surface area (Å²) >= 11 is 3.27. The fourth-order valence-electron chi connectivity index (χ4n) is 2.63. The van der Waals surface area contributed by atoms with Gasteiger partial charge >= 0.3 is 0 Å². The van der Waals surface area contributed by atoms with Crippen molar-refractivity contribution in [2.45, 2.75) is 18.7 Å². The third kappa shape index (κ3) is 4.00. The van der Waals surface area contributed by atoms with Crippen molar-refractivity contribution < 1.29 is 16.8 Å². The summed E-state index contributed by atoms with van der Waals surface area (Å²) in [6.07, 6.45) is 0. The molecule has 0 saturated carbocycles. The molecule has 2 rings (SSSR count). The zero-order valence-electron chi connectivity index (χ0n) is 13.7. The standard InChI is InChI=1S/C14H22BrN3O4S2/c1-3-16(4-2)24(21,22)18-10-8-17(9-11-18)23(19,20)14-7-5-6-13(15)12-14/h5-7,12H,3-4,8-11H2,1-2H3. The van der Waals surface area contributed by atoms with Gasteiger partial charge in [-0.25, -0.2) is 8.42 Å². The normalized spacial score (nSPS) is 18.2. The summed E-state index contributed by atoms with van der Waals surface area (Å²) in [5.41, 5.74) is 0. The molecule has 10 heteroatoms. The van der Waals surface area contributed by atoms with E-state index in [2.05, 4.69) is 15.9 Å². The number of hydrogen-bond acceptors (Lipinski definition) is 4. The second kappa shape index (κ2) is 7.79. The van der Waals surface area contributed by atoms with Crippen LogP contribution in [0, 0.1) is 0 Å². The summed E-state index contributed by atoms with van der Waals surface area (Å²) in [4.78, 5) is 0.205. The molecule has 1 aliphatic rings. The molecule has 1 fully saturated rings. The second-order valence-electron chi connectivity index (χ2n) is 5.35. The van der Waals surface area contributed by atoms with Crippen molar-refractivity contribution in [3.63, 3.8) is 0 Å². The summed E-state index contributed by atoms with van der Waals surface area (Å²) in [7, 11) is -7.14. The lowest BCUT2D eigenvalue weighted by Crippen LogP contribution is -2.54. The first-order valence-corrected chi connectivity index (χ1v) is 11.4. The summed E-state index contributed by atoms with van der Waals surface area (Å²) < 4.78 is 55.1. The summed E-state index contributed by atoms with van der Waals surface area (Å²) in [5, 5.41) is 0. The van der Waals surface area contributed by atoms with Crippen LogP contribution in [0.3, 0.4) is 0 Å². The SMILES string of the molecule is CCN(CC)S(=O)(=O)N1CCN(S(=O)(=O)c2cccc(Br)c2)CC1. The molecular weight excluding hydrogens is 418 g/mol. The Balaban J connectivity index is 2.13. The molecule has 0 spiro atoms. The Morgan fingerprint density at radius 2 is 1.54 bits per heavy atom. The topological polar surface area (TPSA) is 78.0 Å². The van der Waals surface area contributed by atoms with E-state index in [0.717, 1.165) is 0 Å². The molecule has 0 atom stereocenters. The van der Waals surface area contributed by atoms with Crippen molar-refractivity contribution >= 4 is 36.2 Å². The Labute approximate surface area is 152 Å². The molecule has 1 saturated heterocycles. The number of halogens is 1. The molecule has 1 heterocycles. The van der Waals surface area contributed by atoms with Crippen LogP contribution < -0.4 is 0 Å². The zero-order chi connectivity index (χ0) is 18.0. The summed E-state index contributed by atoms with van der Waals surface area (Å²) in [5.74, 6) is 0. The van der Waals surface area contributed by atoms with Crippen molar-refractivity contribution in [1.29, 1.82) is 0 Å². The molecule has 24 heavy (non-hydrogen) atoms. The van der Waals surface area contributed by atoms with Gasteiger partial charge in [-0.3, -0.25) is 0 Å². The minimum atomic E-state index is -3.62. The van der Waals surface area contributed by atoms with Gasteiger partial charge in [0.25, 0.3) is 10.2 Å². The molecule has 0 unspecified atom stereocenters. The van der Waals surface area contributed by atoms with E-state index in [9.17, 15) is 16.8 Å². The van der Waals surface area contributed by atoms with E-state index in [1.165, 1.54) is 12.9 Å². The molecular formula is C14H22BrN3O4S2. The Morgan fingerprint density at radius 1 is 1.00 bits per heavy atom. The highest BCUT2D eigenvalue weighted by Crippen LogP contribution is 2.22. The van der Waals surface area contributed by atoms with Gasteiger partial charge < -0.3 is 0 Å². The van der Waals surface area contributed by atoms with Gasteiger partial charge in [0.15, 0.2) is 0 Å². The van der Waals surface area contributed by atoms with Crippen molar-refractivity contribution in [3.05, 3.63) is 28.7 Å². The minimum Gasteiger partial charge on any atom is -0.207 e. The van der Waals surface area contributed by atoms with Gasteiger partial charge in [0.05, 0.1) is 4.90 Å². The fourth-order valence-corrected chi connectivity index (χ4v) is 6.25. The van der Waals surface area contributed by atoms with Crippen LogP contribution in [0.15, 0.2) is 33.6 Å². The van der Waals surface area contributed by atoms with Crippen molar-refractivity contribution in [2.75, 3.05) is 39.3 Å². The predicted molar refractivity (Wildman–Crippen MR) is 96.3 cm³/mol. The first kappa shape index (κ1) is 19.8. The first-order valence-electron chi connectivity index (χ1n) is 7.74. The number of nitrogens with zero attached hydrogens (tertiary/aromatic N) is 3. The monoisotopic (exact) mass is 439 g/mol. The van der Waals surface area contributed by atoms with Crippen molar-refractivity contribution in [1.82, 2.24) is 12.9 Å². The zero-order valence-corrected chi connectivity index (χ0v) is 16.9. The first-order chi connectivity index (χ1) is 11.2. The van der Waals surface area contributed by atoms with Gasteiger partial charge in [0.1, 0.15) is 0 Å². The maximum Gasteiger partial charge on any atom is 0.282 e. The van der Waals surface area contributed by atoms with E-state index < -0.39 is 20.2 Å². The van der Waals surface area contributed by atoms with Crippen LogP contribution in [0.1, 0.15) is 13.8 Å². The lowest BCUT2D eigenvalue weighted by atomic mass is 10.4. The Hall–Kier alpha value is -0.520. The molecule has 0 amide bonds. The summed E-state index contributed by atoms with van der Waals surface area (Å²) in [6.45, 7) is 4.98. The molecule has 0 radical (unpaired) electrons. The molecule has 1 aromatic carbocycles. The Kier molecular flexibility index (Phi) is 6.43. The molecule has 1 aliphatic heterocycles. The van der Waals surface area contributed by atoms with Crippen LogP contribution >= 0.6 is 15.9 Å². The second-order valence-corrected chi connectivity index (χ2v) is 10.1. The van der Waals surface area contributed by atoms with Crippen LogP contribution in [0.4, 0.5) is 0 Å². The van der Waals surface area contributed by atoms with Crippen LogP contribution in [-0.4, -0.2) is 69.0 Å². The lowest BCUT2D eigenvalue weighted by molar-refractivity contribution is 0.256. The van der Waals surface area contributed by atoms with Gasteiger partial charge in [0.2, 0.25) is 10.0 Å². The number of piperazine rings is 1. The molecule has 1 aromatic rings. The number of hydrogen-bond donors (Lipinski definition) is 0. The number of rotatable bonds is 6. The highest BCUT2D eigenvalue weighted by atomic mass is 79.9.